The van der Waals surface area contributed by atoms with E-state index in [1.165, 1.54) is 17.2 Å². The number of rotatable bonds is 4. The molecule has 20 heavy (non-hydrogen) atoms. The predicted molar refractivity (Wildman–Crippen MR) is 79.9 cm³/mol. The highest BCUT2D eigenvalue weighted by Crippen LogP contribution is 2.52. The zero-order chi connectivity index (χ0) is 14.3. The maximum Gasteiger partial charge on any atom is 0.109 e. The number of methoxy groups -OCH3 is 1. The first-order valence-corrected chi connectivity index (χ1v) is 7.92. The second-order valence-electron chi connectivity index (χ2n) is 6.77. The van der Waals surface area contributed by atoms with Gasteiger partial charge in [-0.3, -0.25) is 0 Å². The minimum atomic E-state index is 0.205. The van der Waals surface area contributed by atoms with Crippen LogP contribution in [0.3, 0.4) is 0 Å². The number of hydrogen-bond acceptors (Lipinski definition) is 3. The van der Waals surface area contributed by atoms with Crippen molar-refractivity contribution in [3.63, 3.8) is 0 Å². The van der Waals surface area contributed by atoms with Crippen molar-refractivity contribution in [3.05, 3.63) is 17.2 Å². The molecule has 0 aromatic carbocycles. The summed E-state index contributed by atoms with van der Waals surface area (Å²) in [7, 11) is 1.84. The van der Waals surface area contributed by atoms with E-state index in [2.05, 4.69) is 30.7 Å². The standard InChI is InChI=1S/C16H27N3O/c1-5-6-15-18-11-10-17-8-7-12(11)19(15)13-9-14(20-4)16(13,2)3/h13-14,17H,5-10H2,1-4H3. The molecule has 1 aliphatic carbocycles. The van der Waals surface area contributed by atoms with Gasteiger partial charge in [-0.1, -0.05) is 20.8 Å². The van der Waals surface area contributed by atoms with Crippen LogP contribution in [0.4, 0.5) is 0 Å². The fourth-order valence-electron chi connectivity index (χ4n) is 3.86. The number of aryl methyl sites for hydroxylation is 1. The molecule has 0 saturated heterocycles. The highest BCUT2D eigenvalue weighted by atomic mass is 16.5. The lowest BCUT2D eigenvalue weighted by Gasteiger charge is -2.52. The van der Waals surface area contributed by atoms with Gasteiger partial charge in [-0.05, 0) is 12.8 Å². The smallest absolute Gasteiger partial charge is 0.109 e. The zero-order valence-electron chi connectivity index (χ0n) is 13.2. The average molecular weight is 277 g/mol. The molecule has 1 aliphatic heterocycles. The Hall–Kier alpha value is -0.870. The van der Waals surface area contributed by atoms with Gasteiger partial charge in [0.2, 0.25) is 0 Å². The molecule has 2 aliphatic rings. The quantitative estimate of drug-likeness (QED) is 0.919. The van der Waals surface area contributed by atoms with Crippen LogP contribution in [-0.4, -0.2) is 29.3 Å². The van der Waals surface area contributed by atoms with Gasteiger partial charge in [0, 0.05) is 50.2 Å². The molecule has 1 aromatic heterocycles. The Morgan fingerprint density at radius 1 is 1.45 bits per heavy atom. The van der Waals surface area contributed by atoms with Gasteiger partial charge in [0.15, 0.2) is 0 Å². The van der Waals surface area contributed by atoms with Crippen LogP contribution in [0.15, 0.2) is 0 Å². The molecule has 2 heterocycles. The van der Waals surface area contributed by atoms with Gasteiger partial charge in [0.1, 0.15) is 5.82 Å². The van der Waals surface area contributed by atoms with Crippen molar-refractivity contribution in [2.24, 2.45) is 5.41 Å². The van der Waals surface area contributed by atoms with Crippen molar-refractivity contribution in [1.29, 1.82) is 0 Å². The van der Waals surface area contributed by atoms with Gasteiger partial charge in [0.05, 0.1) is 11.8 Å². The zero-order valence-corrected chi connectivity index (χ0v) is 13.2. The van der Waals surface area contributed by atoms with Gasteiger partial charge >= 0.3 is 0 Å². The summed E-state index contributed by atoms with van der Waals surface area (Å²) in [5.74, 6) is 1.29. The van der Waals surface area contributed by atoms with Crippen molar-refractivity contribution < 1.29 is 4.74 Å². The topological polar surface area (TPSA) is 39.1 Å². The van der Waals surface area contributed by atoms with Gasteiger partial charge < -0.3 is 14.6 Å². The molecule has 1 N–H and O–H groups in total. The molecular weight excluding hydrogens is 250 g/mol. The van der Waals surface area contributed by atoms with E-state index in [0.717, 1.165) is 38.8 Å². The summed E-state index contributed by atoms with van der Waals surface area (Å²) in [6, 6.07) is 0.545. The second kappa shape index (κ2) is 5.15. The third kappa shape index (κ3) is 2.01. The van der Waals surface area contributed by atoms with E-state index in [1.54, 1.807) is 0 Å². The highest BCUT2D eigenvalue weighted by molar-refractivity contribution is 5.24. The number of aromatic nitrogens is 2. The molecular formula is C16H27N3O. The van der Waals surface area contributed by atoms with E-state index in [4.69, 9.17) is 9.72 Å². The molecule has 0 radical (unpaired) electrons. The highest BCUT2D eigenvalue weighted by Gasteiger charge is 2.50. The Morgan fingerprint density at radius 2 is 2.25 bits per heavy atom. The Morgan fingerprint density at radius 3 is 2.90 bits per heavy atom. The predicted octanol–water partition coefficient (Wildman–Crippen LogP) is 2.47. The third-order valence-corrected chi connectivity index (χ3v) is 5.19. The molecule has 112 valence electrons. The maximum absolute atomic E-state index is 5.63. The molecule has 0 bridgehead atoms. The summed E-state index contributed by atoms with van der Waals surface area (Å²) in [5, 5.41) is 3.44. The second-order valence-corrected chi connectivity index (χ2v) is 6.77. The van der Waals surface area contributed by atoms with Gasteiger partial charge in [0.25, 0.3) is 0 Å². The van der Waals surface area contributed by atoms with Crippen molar-refractivity contribution in [2.75, 3.05) is 13.7 Å². The molecule has 0 spiro atoms. The Bertz CT molecular complexity index is 492. The normalized spacial score (nSPS) is 28.0. The van der Waals surface area contributed by atoms with Crippen LogP contribution in [0, 0.1) is 5.41 Å². The summed E-state index contributed by atoms with van der Waals surface area (Å²) in [6.07, 6.45) is 4.84. The van der Waals surface area contributed by atoms with Crippen molar-refractivity contribution in [3.8, 4) is 0 Å². The number of imidazole rings is 1. The Kier molecular flexibility index (Phi) is 3.63. The molecule has 1 aromatic rings. The number of nitrogens with zero attached hydrogens (tertiary/aromatic N) is 2. The Labute approximate surface area is 121 Å². The third-order valence-electron chi connectivity index (χ3n) is 5.19. The largest absolute Gasteiger partial charge is 0.381 e. The van der Waals surface area contributed by atoms with E-state index in [-0.39, 0.29) is 5.41 Å². The van der Waals surface area contributed by atoms with E-state index < -0.39 is 0 Å². The number of fused-ring (bicyclic) bond motifs is 1. The molecule has 1 saturated carbocycles. The van der Waals surface area contributed by atoms with E-state index in [0.29, 0.717) is 12.1 Å². The molecule has 4 nitrogen and oxygen atoms in total. The lowest BCUT2D eigenvalue weighted by atomic mass is 9.64. The lowest BCUT2D eigenvalue weighted by molar-refractivity contribution is -0.114. The van der Waals surface area contributed by atoms with Crippen LogP contribution >= 0.6 is 0 Å². The van der Waals surface area contributed by atoms with Crippen LogP contribution in [-0.2, 0) is 24.1 Å². The Balaban J connectivity index is 1.98. The monoisotopic (exact) mass is 277 g/mol. The lowest BCUT2D eigenvalue weighted by Crippen LogP contribution is -2.51. The first kappa shape index (κ1) is 14.1. The summed E-state index contributed by atoms with van der Waals surface area (Å²) >= 11 is 0. The van der Waals surface area contributed by atoms with E-state index in [9.17, 15) is 0 Å². The van der Waals surface area contributed by atoms with Crippen molar-refractivity contribution in [2.45, 2.75) is 65.1 Å². The molecule has 2 unspecified atom stereocenters. The van der Waals surface area contributed by atoms with Crippen molar-refractivity contribution in [1.82, 2.24) is 14.9 Å². The summed E-state index contributed by atoms with van der Waals surface area (Å²) in [4.78, 5) is 4.92. The summed E-state index contributed by atoms with van der Waals surface area (Å²) in [6.45, 7) is 8.90. The molecule has 2 atom stereocenters. The van der Waals surface area contributed by atoms with Crippen LogP contribution < -0.4 is 5.32 Å². The summed E-state index contributed by atoms with van der Waals surface area (Å²) in [5.41, 5.74) is 2.95. The fraction of sp³-hybridized carbons (Fsp3) is 0.812. The molecule has 4 heteroatoms. The van der Waals surface area contributed by atoms with Crippen molar-refractivity contribution >= 4 is 0 Å². The number of nitrogens with one attached hydrogen (secondary N) is 1. The first-order chi connectivity index (χ1) is 9.59. The average Bonchev–Trinajstić information content (AvgIpc) is 2.77. The number of hydrogen-bond donors (Lipinski definition) is 1. The molecule has 3 rings (SSSR count). The molecule has 0 amide bonds. The van der Waals surface area contributed by atoms with Crippen LogP contribution in [0.2, 0.25) is 0 Å². The van der Waals surface area contributed by atoms with E-state index in [1.807, 2.05) is 7.11 Å². The van der Waals surface area contributed by atoms with Crippen LogP contribution in [0.1, 0.15) is 56.9 Å². The first-order valence-electron chi connectivity index (χ1n) is 7.92. The molecule has 1 fully saturated rings. The van der Waals surface area contributed by atoms with E-state index >= 15 is 0 Å². The number of ether oxygens (including phenoxy) is 1. The van der Waals surface area contributed by atoms with Gasteiger partial charge in [-0.2, -0.15) is 0 Å². The SMILES string of the molecule is CCCc1nc2c(n1C1CC(OC)C1(C)C)CCNC2. The van der Waals surface area contributed by atoms with Gasteiger partial charge in [-0.15, -0.1) is 0 Å². The van der Waals surface area contributed by atoms with Crippen LogP contribution in [0.25, 0.3) is 0 Å². The summed E-state index contributed by atoms with van der Waals surface area (Å²) < 4.78 is 8.19. The van der Waals surface area contributed by atoms with Crippen LogP contribution in [0.5, 0.6) is 0 Å². The minimum absolute atomic E-state index is 0.205. The van der Waals surface area contributed by atoms with Gasteiger partial charge in [-0.25, -0.2) is 4.98 Å². The minimum Gasteiger partial charge on any atom is -0.381 e. The maximum atomic E-state index is 5.63. The fourth-order valence-corrected chi connectivity index (χ4v) is 3.86.